The molecule has 2 aromatic rings. The van der Waals surface area contributed by atoms with E-state index in [-0.39, 0.29) is 12.5 Å². The van der Waals surface area contributed by atoms with E-state index in [4.69, 9.17) is 11.6 Å². The lowest BCUT2D eigenvalue weighted by molar-refractivity contribution is -0.400. The number of hydrogen-bond donors (Lipinski definition) is 0. The molecule has 0 aliphatic heterocycles. The Hall–Kier alpha value is -2.19. The molecule has 0 radical (unpaired) electrons. The zero-order valence-corrected chi connectivity index (χ0v) is 14.7. The van der Waals surface area contributed by atoms with Crippen molar-refractivity contribution in [2.24, 2.45) is 0 Å². The normalized spacial score (nSPS) is 14.3. The highest BCUT2D eigenvalue weighted by molar-refractivity contribution is 6.32. The van der Waals surface area contributed by atoms with E-state index in [0.29, 0.717) is 17.6 Å². The number of alkyl halides is 12. The summed E-state index contributed by atoms with van der Waals surface area (Å²) in [5.41, 5.74) is -4.67. The molecule has 0 spiro atoms. The zero-order valence-electron chi connectivity index (χ0n) is 14.0. The maximum absolute atomic E-state index is 14.1. The highest BCUT2D eigenvalue weighted by Crippen LogP contribution is 2.56. The molecule has 0 aliphatic rings. The Kier molecular flexibility index (Phi) is 5.55. The average molecular weight is 480 g/mol. The third-order valence-corrected chi connectivity index (χ3v) is 4.10. The summed E-state index contributed by atoms with van der Waals surface area (Å²) in [7, 11) is 0. The molecule has 168 valence electrons. The van der Waals surface area contributed by atoms with Crippen LogP contribution in [0.15, 0.2) is 18.6 Å². The van der Waals surface area contributed by atoms with Crippen molar-refractivity contribution in [3.05, 3.63) is 40.6 Å². The minimum atomic E-state index is -7.13. The molecular formula is C14H6ClF12N3. The molecule has 0 unspecified atom stereocenters. The maximum atomic E-state index is 14.1. The fourth-order valence-corrected chi connectivity index (χ4v) is 2.48. The van der Waals surface area contributed by atoms with Crippen LogP contribution < -0.4 is 0 Å². The van der Waals surface area contributed by atoms with Crippen molar-refractivity contribution in [1.82, 2.24) is 14.5 Å². The average Bonchev–Trinajstić information content (AvgIpc) is 2.94. The quantitative estimate of drug-likeness (QED) is 0.491. The van der Waals surface area contributed by atoms with E-state index in [1.54, 1.807) is 0 Å². The number of rotatable bonds is 4. The fraction of sp³-hybridized carbons (Fsp3) is 0.429. The summed E-state index contributed by atoms with van der Waals surface area (Å²) in [6.45, 7) is 0.563. The molecule has 16 heteroatoms. The third kappa shape index (κ3) is 3.56. The van der Waals surface area contributed by atoms with Gasteiger partial charge in [-0.05, 0) is 13.0 Å². The summed E-state index contributed by atoms with van der Waals surface area (Å²) >= 11 is 5.57. The van der Waals surface area contributed by atoms with Crippen molar-refractivity contribution in [3.8, 4) is 5.82 Å². The van der Waals surface area contributed by atoms with Gasteiger partial charge in [-0.3, -0.25) is 4.57 Å². The molecule has 2 aromatic heterocycles. The summed E-state index contributed by atoms with van der Waals surface area (Å²) in [6.07, 6.45) is -11.5. The molecule has 0 amide bonds. The fourth-order valence-electron chi connectivity index (χ4n) is 2.22. The van der Waals surface area contributed by atoms with E-state index in [9.17, 15) is 52.7 Å². The van der Waals surface area contributed by atoms with Crippen LogP contribution in [-0.2, 0) is 12.1 Å². The summed E-state index contributed by atoms with van der Waals surface area (Å²) in [5, 5.41) is -0.826. The van der Waals surface area contributed by atoms with Crippen molar-refractivity contribution < 1.29 is 52.7 Å². The van der Waals surface area contributed by atoms with Crippen LogP contribution in [0.4, 0.5) is 52.7 Å². The second-order valence-corrected chi connectivity index (χ2v) is 6.20. The van der Waals surface area contributed by atoms with Crippen molar-refractivity contribution in [2.45, 2.75) is 37.0 Å². The topological polar surface area (TPSA) is 30.7 Å². The molecule has 0 aromatic carbocycles. The molecule has 0 saturated carbocycles. The molecule has 3 nitrogen and oxygen atoms in total. The van der Waals surface area contributed by atoms with Crippen LogP contribution >= 0.6 is 11.6 Å². The van der Waals surface area contributed by atoms with Gasteiger partial charge in [0, 0.05) is 6.20 Å². The number of aromatic nitrogens is 3. The van der Waals surface area contributed by atoms with E-state index in [2.05, 4.69) is 9.97 Å². The number of hydrogen-bond acceptors (Lipinski definition) is 2. The van der Waals surface area contributed by atoms with E-state index >= 15 is 0 Å². The van der Waals surface area contributed by atoms with Gasteiger partial charge in [-0.1, -0.05) is 11.6 Å². The monoisotopic (exact) mass is 479 g/mol. The van der Waals surface area contributed by atoms with Gasteiger partial charge in [0.05, 0.1) is 16.3 Å². The van der Waals surface area contributed by atoms with E-state index in [0.717, 1.165) is 0 Å². The molecular weight excluding hydrogens is 474 g/mol. The van der Waals surface area contributed by atoms with Crippen LogP contribution in [0.25, 0.3) is 5.82 Å². The van der Waals surface area contributed by atoms with Gasteiger partial charge in [-0.25, -0.2) is 9.97 Å². The number of pyridine rings is 1. The molecule has 0 N–H and O–H groups in total. The molecule has 0 fully saturated rings. The van der Waals surface area contributed by atoms with E-state index < -0.39 is 57.9 Å². The van der Waals surface area contributed by atoms with Crippen LogP contribution in [0.3, 0.4) is 0 Å². The summed E-state index contributed by atoms with van der Waals surface area (Å²) in [5.74, 6) is -21.0. The lowest BCUT2D eigenvalue weighted by Crippen LogP contribution is -2.59. The van der Waals surface area contributed by atoms with E-state index in [1.807, 2.05) is 0 Å². The predicted octanol–water partition coefficient (Wildman–Crippen LogP) is 6.17. The minimum Gasteiger partial charge on any atom is -0.286 e. The van der Waals surface area contributed by atoms with Crippen LogP contribution in [0.2, 0.25) is 5.02 Å². The molecule has 0 saturated heterocycles. The Morgan fingerprint density at radius 1 is 0.833 bits per heavy atom. The van der Waals surface area contributed by atoms with Crippen molar-refractivity contribution >= 4 is 11.6 Å². The highest BCUT2D eigenvalue weighted by Gasteiger charge is 2.82. The van der Waals surface area contributed by atoms with Crippen molar-refractivity contribution in [3.63, 3.8) is 0 Å². The van der Waals surface area contributed by atoms with Gasteiger partial charge in [-0.15, -0.1) is 0 Å². The zero-order chi connectivity index (χ0) is 23.5. The van der Waals surface area contributed by atoms with Gasteiger partial charge >= 0.3 is 30.1 Å². The van der Waals surface area contributed by atoms with Crippen molar-refractivity contribution in [1.29, 1.82) is 0 Å². The van der Waals surface area contributed by atoms with Crippen LogP contribution in [-0.4, -0.2) is 32.6 Å². The van der Waals surface area contributed by atoms with Crippen LogP contribution in [0.1, 0.15) is 17.0 Å². The maximum Gasteiger partial charge on any atom is 0.460 e. The SMILES string of the molecule is Cc1c(C(F)(F)C(F)(F)C(F)(F)C(F)(F)F)ncn1-c1ncc(C(F)(F)F)cc1Cl. The smallest absolute Gasteiger partial charge is 0.286 e. The van der Waals surface area contributed by atoms with Crippen LogP contribution in [0, 0.1) is 6.92 Å². The molecule has 2 rings (SSSR count). The third-order valence-electron chi connectivity index (χ3n) is 3.83. The predicted molar refractivity (Wildman–Crippen MR) is 76.0 cm³/mol. The van der Waals surface area contributed by atoms with Gasteiger partial charge in [0.2, 0.25) is 0 Å². The summed E-state index contributed by atoms with van der Waals surface area (Å²) in [6, 6.07) is 0.299. The van der Waals surface area contributed by atoms with E-state index in [1.165, 1.54) is 0 Å². The Balaban J connectivity index is 2.59. The minimum absolute atomic E-state index is 0.199. The lowest BCUT2D eigenvalue weighted by atomic mass is 10.00. The second kappa shape index (κ2) is 6.92. The first-order valence-electron chi connectivity index (χ1n) is 7.24. The Morgan fingerprint density at radius 3 is 1.80 bits per heavy atom. The number of halogens is 13. The molecule has 0 bridgehead atoms. The summed E-state index contributed by atoms with van der Waals surface area (Å²) < 4.78 is 156. The van der Waals surface area contributed by atoms with Gasteiger partial charge in [0.25, 0.3) is 0 Å². The van der Waals surface area contributed by atoms with Gasteiger partial charge in [-0.2, -0.15) is 52.7 Å². The van der Waals surface area contributed by atoms with Crippen LogP contribution in [0.5, 0.6) is 0 Å². The lowest BCUT2D eigenvalue weighted by Gasteiger charge is -2.33. The Bertz CT molecular complexity index is 945. The van der Waals surface area contributed by atoms with Gasteiger partial charge in [0.15, 0.2) is 5.82 Å². The second-order valence-electron chi connectivity index (χ2n) is 5.80. The number of nitrogens with zero attached hydrogens (tertiary/aromatic N) is 3. The highest BCUT2D eigenvalue weighted by atomic mass is 35.5. The van der Waals surface area contributed by atoms with Crippen molar-refractivity contribution in [2.75, 3.05) is 0 Å². The standard InChI is InChI=1S/C14H6ClF12N3/c1-5-8(10(16,17)12(21,22)13(23,24)14(25,26)27)29-4-30(5)9-7(15)2-6(3-28-9)11(18,19)20/h2-4H,1H3. The first kappa shape index (κ1) is 24.1. The first-order chi connectivity index (χ1) is 13.3. The van der Waals surface area contributed by atoms with Gasteiger partial charge < -0.3 is 0 Å². The Morgan fingerprint density at radius 2 is 1.37 bits per heavy atom. The molecule has 0 atom stereocenters. The van der Waals surface area contributed by atoms with Gasteiger partial charge in [0.1, 0.15) is 12.0 Å². The first-order valence-corrected chi connectivity index (χ1v) is 7.62. The molecule has 30 heavy (non-hydrogen) atoms. The Labute approximate surface area is 163 Å². The largest absolute Gasteiger partial charge is 0.460 e. The summed E-state index contributed by atoms with van der Waals surface area (Å²) in [4.78, 5) is 5.98. The molecule has 2 heterocycles. The number of imidazole rings is 1. The molecule has 0 aliphatic carbocycles.